The van der Waals surface area contributed by atoms with Gasteiger partial charge in [-0.25, -0.2) is 0 Å². The SMILES string of the molecule is Cl.OCCN1CCN(c2ccc(N=Cc3cc(Br)cc(Br)c3O)cc2)CC1. The summed E-state index contributed by atoms with van der Waals surface area (Å²) in [5.41, 5.74) is 2.67. The maximum Gasteiger partial charge on any atom is 0.138 e. The number of aliphatic imine (C=N–C) groups is 1. The van der Waals surface area contributed by atoms with Crippen molar-refractivity contribution in [3.05, 3.63) is 50.9 Å². The van der Waals surface area contributed by atoms with Crippen LogP contribution < -0.4 is 4.90 Å². The van der Waals surface area contributed by atoms with E-state index >= 15 is 0 Å². The summed E-state index contributed by atoms with van der Waals surface area (Å²) in [6.45, 7) is 4.83. The molecule has 0 spiro atoms. The van der Waals surface area contributed by atoms with Crippen LogP contribution in [0.3, 0.4) is 0 Å². The van der Waals surface area contributed by atoms with Gasteiger partial charge in [-0.3, -0.25) is 9.89 Å². The predicted molar refractivity (Wildman–Crippen MR) is 120 cm³/mol. The van der Waals surface area contributed by atoms with Crippen molar-refractivity contribution in [2.75, 3.05) is 44.2 Å². The summed E-state index contributed by atoms with van der Waals surface area (Å²) < 4.78 is 1.50. The number of halogens is 3. The molecule has 3 rings (SSSR count). The van der Waals surface area contributed by atoms with Crippen molar-refractivity contribution in [2.24, 2.45) is 4.99 Å². The fraction of sp³-hybridized carbons (Fsp3) is 0.316. The summed E-state index contributed by atoms with van der Waals surface area (Å²) >= 11 is 6.74. The lowest BCUT2D eigenvalue weighted by atomic mass is 10.2. The van der Waals surface area contributed by atoms with Gasteiger partial charge in [0.1, 0.15) is 5.75 Å². The van der Waals surface area contributed by atoms with E-state index in [1.807, 2.05) is 18.2 Å². The number of benzene rings is 2. The van der Waals surface area contributed by atoms with Gasteiger partial charge in [0, 0.05) is 54.7 Å². The van der Waals surface area contributed by atoms with Gasteiger partial charge in [0.05, 0.1) is 16.8 Å². The van der Waals surface area contributed by atoms with Crippen molar-refractivity contribution in [3.8, 4) is 5.75 Å². The van der Waals surface area contributed by atoms with E-state index in [0.717, 1.165) is 42.9 Å². The first-order chi connectivity index (χ1) is 12.6. The molecule has 0 unspecified atom stereocenters. The van der Waals surface area contributed by atoms with Crippen molar-refractivity contribution in [1.29, 1.82) is 0 Å². The minimum Gasteiger partial charge on any atom is -0.506 e. The average molecular weight is 520 g/mol. The van der Waals surface area contributed by atoms with E-state index in [-0.39, 0.29) is 24.8 Å². The molecular formula is C19H22Br2ClN3O2. The van der Waals surface area contributed by atoms with E-state index in [2.05, 4.69) is 58.8 Å². The van der Waals surface area contributed by atoms with E-state index in [0.29, 0.717) is 10.0 Å². The van der Waals surface area contributed by atoms with E-state index in [9.17, 15) is 5.11 Å². The molecule has 0 radical (unpaired) electrons. The molecule has 1 aliphatic heterocycles. The Balaban J connectivity index is 0.00000261. The Hall–Kier alpha value is -1.12. The highest BCUT2D eigenvalue weighted by molar-refractivity contribution is 9.11. The number of anilines is 1. The second kappa shape index (κ2) is 10.4. The van der Waals surface area contributed by atoms with Gasteiger partial charge in [0.2, 0.25) is 0 Å². The van der Waals surface area contributed by atoms with Crippen molar-refractivity contribution in [3.63, 3.8) is 0 Å². The summed E-state index contributed by atoms with van der Waals surface area (Å²) in [5, 5.41) is 19.1. The zero-order valence-corrected chi connectivity index (χ0v) is 18.7. The van der Waals surface area contributed by atoms with Crippen LogP contribution in [-0.4, -0.2) is 60.7 Å². The fourth-order valence-corrected chi connectivity index (χ4v) is 4.21. The number of phenolic OH excluding ortho intramolecular Hbond substituents is 1. The van der Waals surface area contributed by atoms with Crippen LogP contribution in [0.4, 0.5) is 11.4 Å². The second-order valence-corrected chi connectivity index (χ2v) is 7.92. The molecule has 0 saturated carbocycles. The molecule has 1 saturated heterocycles. The van der Waals surface area contributed by atoms with E-state index in [1.165, 1.54) is 5.69 Å². The van der Waals surface area contributed by atoms with Gasteiger partial charge in [0.15, 0.2) is 0 Å². The normalized spacial score (nSPS) is 15.1. The summed E-state index contributed by atoms with van der Waals surface area (Å²) in [5.74, 6) is 0.175. The van der Waals surface area contributed by atoms with E-state index in [1.54, 1.807) is 12.3 Å². The van der Waals surface area contributed by atoms with Crippen molar-refractivity contribution in [1.82, 2.24) is 4.90 Å². The summed E-state index contributed by atoms with van der Waals surface area (Å²) in [6.07, 6.45) is 1.66. The summed E-state index contributed by atoms with van der Waals surface area (Å²) in [4.78, 5) is 9.08. The molecule has 0 aliphatic carbocycles. The number of piperazine rings is 1. The van der Waals surface area contributed by atoms with Gasteiger partial charge >= 0.3 is 0 Å². The number of nitrogens with zero attached hydrogens (tertiary/aromatic N) is 3. The van der Waals surface area contributed by atoms with Gasteiger partial charge in [-0.1, -0.05) is 15.9 Å². The van der Waals surface area contributed by atoms with Crippen LogP contribution in [0.1, 0.15) is 5.56 Å². The molecule has 2 aromatic rings. The molecule has 8 heteroatoms. The summed E-state index contributed by atoms with van der Waals surface area (Å²) in [6, 6.07) is 11.7. The maximum atomic E-state index is 10.1. The van der Waals surface area contributed by atoms with Crippen molar-refractivity contribution in [2.45, 2.75) is 0 Å². The molecular weight excluding hydrogens is 497 g/mol. The number of hydrogen-bond donors (Lipinski definition) is 2. The number of hydrogen-bond acceptors (Lipinski definition) is 5. The number of aliphatic hydroxyl groups is 1. The molecule has 0 atom stereocenters. The van der Waals surface area contributed by atoms with Crippen LogP contribution in [-0.2, 0) is 0 Å². The first-order valence-corrected chi connectivity index (χ1v) is 10.1. The lowest BCUT2D eigenvalue weighted by molar-refractivity contribution is 0.189. The zero-order chi connectivity index (χ0) is 18.5. The van der Waals surface area contributed by atoms with Gasteiger partial charge in [-0.15, -0.1) is 12.4 Å². The minimum absolute atomic E-state index is 0. The Morgan fingerprint density at radius 1 is 1.04 bits per heavy atom. The Bertz CT molecular complexity index is 779. The van der Waals surface area contributed by atoms with E-state index in [4.69, 9.17) is 5.11 Å². The molecule has 0 aromatic heterocycles. The fourth-order valence-electron chi connectivity index (χ4n) is 2.95. The molecule has 0 amide bonds. The second-order valence-electron chi connectivity index (χ2n) is 6.15. The Kier molecular flexibility index (Phi) is 8.57. The zero-order valence-electron chi connectivity index (χ0n) is 14.7. The molecule has 2 aromatic carbocycles. The number of rotatable bonds is 5. The van der Waals surface area contributed by atoms with Gasteiger partial charge in [-0.05, 0) is 52.3 Å². The standard InChI is InChI=1S/C19H21Br2N3O2.ClH/c20-15-11-14(19(26)18(21)12-15)13-22-16-1-3-17(4-2-16)24-7-5-23(6-8-24)9-10-25;/h1-4,11-13,25-26H,5-10H2;1H. The summed E-state index contributed by atoms with van der Waals surface area (Å²) in [7, 11) is 0. The molecule has 5 nitrogen and oxygen atoms in total. The number of aromatic hydroxyl groups is 1. The van der Waals surface area contributed by atoms with Gasteiger partial charge in [-0.2, -0.15) is 0 Å². The van der Waals surface area contributed by atoms with Crippen LogP contribution in [0.25, 0.3) is 0 Å². The Morgan fingerprint density at radius 3 is 2.33 bits per heavy atom. The van der Waals surface area contributed by atoms with Crippen LogP contribution in [0.15, 0.2) is 50.3 Å². The lowest BCUT2D eigenvalue weighted by Crippen LogP contribution is -2.47. The molecule has 1 aliphatic rings. The van der Waals surface area contributed by atoms with Crippen LogP contribution in [0.2, 0.25) is 0 Å². The molecule has 2 N–H and O–H groups in total. The number of phenols is 1. The largest absolute Gasteiger partial charge is 0.506 e. The number of aliphatic hydroxyl groups excluding tert-OH is 1. The topological polar surface area (TPSA) is 59.3 Å². The van der Waals surface area contributed by atoms with Crippen LogP contribution in [0, 0.1) is 0 Å². The smallest absolute Gasteiger partial charge is 0.138 e. The molecule has 1 fully saturated rings. The average Bonchev–Trinajstić information content (AvgIpc) is 2.65. The van der Waals surface area contributed by atoms with Crippen molar-refractivity contribution < 1.29 is 10.2 Å². The lowest BCUT2D eigenvalue weighted by Gasteiger charge is -2.35. The monoisotopic (exact) mass is 517 g/mol. The first kappa shape index (κ1) is 22.2. The highest BCUT2D eigenvalue weighted by atomic mass is 79.9. The third kappa shape index (κ3) is 5.93. The first-order valence-electron chi connectivity index (χ1n) is 8.47. The quantitative estimate of drug-likeness (QED) is 0.582. The highest BCUT2D eigenvalue weighted by Gasteiger charge is 2.16. The molecule has 146 valence electrons. The van der Waals surface area contributed by atoms with Crippen LogP contribution in [0.5, 0.6) is 5.75 Å². The molecule has 0 bridgehead atoms. The number of β-amino-alcohol motifs (C(OH)–C–C–N with tert-alkyl or cyclic N) is 1. The van der Waals surface area contributed by atoms with Gasteiger partial charge in [0.25, 0.3) is 0 Å². The third-order valence-corrected chi connectivity index (χ3v) is 5.48. The molecule has 1 heterocycles. The van der Waals surface area contributed by atoms with Crippen molar-refractivity contribution >= 4 is 61.9 Å². The van der Waals surface area contributed by atoms with E-state index < -0.39 is 0 Å². The molecule has 27 heavy (non-hydrogen) atoms. The van der Waals surface area contributed by atoms with Gasteiger partial charge < -0.3 is 15.1 Å². The predicted octanol–water partition coefficient (Wildman–Crippen LogP) is 4.20. The Morgan fingerprint density at radius 2 is 1.70 bits per heavy atom. The Labute approximate surface area is 182 Å². The highest BCUT2D eigenvalue weighted by Crippen LogP contribution is 2.31. The van der Waals surface area contributed by atoms with Crippen LogP contribution >= 0.6 is 44.3 Å². The third-order valence-electron chi connectivity index (χ3n) is 4.41. The maximum absolute atomic E-state index is 10.1. The minimum atomic E-state index is 0.